The fourth-order valence-corrected chi connectivity index (χ4v) is 3.60. The molecular formula is C18H18FN5O2. The number of carbonyl (C=O) groups is 1. The van der Waals surface area contributed by atoms with Crippen LogP contribution in [-0.2, 0) is 6.42 Å². The maximum Gasteiger partial charge on any atom is 0.341 e. The fraction of sp³-hybridized carbons (Fsp3) is 0.333. The molecule has 3 aromatic heterocycles. The van der Waals surface area contributed by atoms with Gasteiger partial charge in [0.25, 0.3) is 0 Å². The third-order valence-electron chi connectivity index (χ3n) is 4.80. The second kappa shape index (κ2) is 6.36. The van der Waals surface area contributed by atoms with Crippen LogP contribution in [0.1, 0.15) is 47.4 Å². The number of anilines is 1. The van der Waals surface area contributed by atoms with E-state index in [1.807, 2.05) is 13.0 Å². The number of hydrogen-bond acceptors (Lipinski definition) is 5. The molecule has 0 radical (unpaired) electrons. The SMILES string of the molecule is CCc1ncc(F)cc1[C@H]1CCCN1c1ccn2ncc(C(=O)O)c2n1. The zero-order valence-corrected chi connectivity index (χ0v) is 14.3. The van der Waals surface area contributed by atoms with Gasteiger partial charge in [-0.15, -0.1) is 0 Å². The normalized spacial score (nSPS) is 17.2. The van der Waals surface area contributed by atoms with E-state index in [1.54, 1.807) is 12.3 Å². The van der Waals surface area contributed by atoms with Gasteiger partial charge >= 0.3 is 5.97 Å². The largest absolute Gasteiger partial charge is 0.477 e. The predicted molar refractivity (Wildman–Crippen MR) is 92.8 cm³/mol. The molecule has 0 bridgehead atoms. The van der Waals surface area contributed by atoms with Gasteiger partial charge in [0.2, 0.25) is 0 Å². The van der Waals surface area contributed by atoms with Crippen molar-refractivity contribution in [3.8, 4) is 0 Å². The van der Waals surface area contributed by atoms with Crippen molar-refractivity contribution in [2.45, 2.75) is 32.2 Å². The number of aromatic carboxylic acids is 1. The van der Waals surface area contributed by atoms with Crippen LogP contribution in [0.15, 0.2) is 30.7 Å². The number of fused-ring (bicyclic) bond motifs is 1. The summed E-state index contributed by atoms with van der Waals surface area (Å²) in [5, 5.41) is 13.3. The van der Waals surface area contributed by atoms with Crippen LogP contribution in [0.3, 0.4) is 0 Å². The lowest BCUT2D eigenvalue weighted by molar-refractivity contribution is 0.0698. The second-order valence-corrected chi connectivity index (χ2v) is 6.31. The van der Waals surface area contributed by atoms with Crippen molar-refractivity contribution in [3.05, 3.63) is 53.4 Å². The number of aromatic nitrogens is 4. The maximum atomic E-state index is 13.8. The van der Waals surface area contributed by atoms with Gasteiger partial charge in [0.15, 0.2) is 5.65 Å². The first kappa shape index (κ1) is 16.4. The molecule has 0 unspecified atom stereocenters. The minimum Gasteiger partial charge on any atom is -0.477 e. The van der Waals surface area contributed by atoms with Crippen LogP contribution in [0, 0.1) is 5.82 Å². The number of hydrogen-bond donors (Lipinski definition) is 1. The Morgan fingerprint density at radius 3 is 3.04 bits per heavy atom. The second-order valence-electron chi connectivity index (χ2n) is 6.31. The maximum absolute atomic E-state index is 13.8. The summed E-state index contributed by atoms with van der Waals surface area (Å²) >= 11 is 0. The molecule has 4 heterocycles. The molecule has 1 fully saturated rings. The highest BCUT2D eigenvalue weighted by Gasteiger charge is 2.30. The summed E-state index contributed by atoms with van der Waals surface area (Å²) in [5.41, 5.74) is 2.11. The zero-order valence-electron chi connectivity index (χ0n) is 14.3. The van der Waals surface area contributed by atoms with E-state index in [9.17, 15) is 14.3 Å². The Morgan fingerprint density at radius 1 is 1.42 bits per heavy atom. The molecule has 1 saturated heterocycles. The molecule has 0 aliphatic carbocycles. The van der Waals surface area contributed by atoms with Gasteiger partial charge in [-0.3, -0.25) is 4.98 Å². The van der Waals surface area contributed by atoms with Crippen LogP contribution in [0.2, 0.25) is 0 Å². The lowest BCUT2D eigenvalue weighted by Crippen LogP contribution is -2.25. The molecule has 0 saturated carbocycles. The third kappa shape index (κ3) is 2.67. The Hall–Kier alpha value is -3.03. The van der Waals surface area contributed by atoms with Crippen LogP contribution < -0.4 is 4.90 Å². The van der Waals surface area contributed by atoms with Gasteiger partial charge in [-0.25, -0.2) is 18.7 Å². The van der Waals surface area contributed by atoms with Gasteiger partial charge in [-0.2, -0.15) is 5.10 Å². The third-order valence-corrected chi connectivity index (χ3v) is 4.80. The molecule has 134 valence electrons. The van der Waals surface area contributed by atoms with Crippen LogP contribution in [-0.4, -0.2) is 37.2 Å². The van der Waals surface area contributed by atoms with Gasteiger partial charge in [0, 0.05) is 18.4 Å². The first-order valence-electron chi connectivity index (χ1n) is 8.57. The lowest BCUT2D eigenvalue weighted by Gasteiger charge is -2.27. The Balaban J connectivity index is 1.77. The molecule has 1 aliphatic rings. The zero-order chi connectivity index (χ0) is 18.3. The summed E-state index contributed by atoms with van der Waals surface area (Å²) in [7, 11) is 0. The van der Waals surface area contributed by atoms with Crippen LogP contribution in [0.5, 0.6) is 0 Å². The molecule has 3 aromatic rings. The molecule has 0 amide bonds. The molecular weight excluding hydrogens is 337 g/mol. The highest BCUT2D eigenvalue weighted by atomic mass is 19.1. The quantitative estimate of drug-likeness (QED) is 0.775. The first-order chi connectivity index (χ1) is 12.6. The molecule has 1 atom stereocenters. The first-order valence-corrected chi connectivity index (χ1v) is 8.57. The molecule has 26 heavy (non-hydrogen) atoms. The van der Waals surface area contributed by atoms with E-state index < -0.39 is 5.97 Å². The summed E-state index contributed by atoms with van der Waals surface area (Å²) in [6.45, 7) is 2.77. The van der Waals surface area contributed by atoms with E-state index in [2.05, 4.69) is 20.0 Å². The Kier molecular flexibility index (Phi) is 4.02. The molecule has 4 rings (SSSR count). The Labute approximate surface area is 149 Å². The molecule has 1 N–H and O–H groups in total. The molecule has 0 spiro atoms. The Morgan fingerprint density at radius 2 is 2.27 bits per heavy atom. The van der Waals surface area contributed by atoms with E-state index >= 15 is 0 Å². The minimum atomic E-state index is -1.06. The molecule has 0 aromatic carbocycles. The smallest absolute Gasteiger partial charge is 0.341 e. The fourth-order valence-electron chi connectivity index (χ4n) is 3.60. The van der Waals surface area contributed by atoms with Crippen molar-refractivity contribution in [1.29, 1.82) is 0 Å². The molecule has 1 aliphatic heterocycles. The summed E-state index contributed by atoms with van der Waals surface area (Å²) in [4.78, 5) is 22.2. The number of rotatable bonds is 4. The van der Waals surface area contributed by atoms with Crippen LogP contribution in [0.25, 0.3) is 5.65 Å². The van der Waals surface area contributed by atoms with Crippen molar-refractivity contribution in [2.24, 2.45) is 0 Å². The average molecular weight is 355 g/mol. The van der Waals surface area contributed by atoms with E-state index in [-0.39, 0.29) is 17.4 Å². The summed E-state index contributed by atoms with van der Waals surface area (Å²) in [5.74, 6) is -0.754. The predicted octanol–water partition coefficient (Wildman–Crippen LogP) is 2.87. The van der Waals surface area contributed by atoms with Gasteiger partial charge in [-0.05, 0) is 37.0 Å². The average Bonchev–Trinajstić information content (AvgIpc) is 3.28. The topological polar surface area (TPSA) is 83.6 Å². The standard InChI is InChI=1S/C18H18FN5O2/c1-2-14-12(8-11(19)9-20-14)15-4-3-6-23(15)16-5-7-24-17(22-16)13(10-21-24)18(25)26/h5,7-10,15H,2-4,6H2,1H3,(H,25,26)/t15-/m1/s1. The number of halogens is 1. The summed E-state index contributed by atoms with van der Waals surface area (Å²) in [6, 6.07) is 3.33. The minimum absolute atomic E-state index is 0.0284. The number of aryl methyl sites for hydroxylation is 1. The number of carboxylic acids is 1. The Bertz CT molecular complexity index is 987. The van der Waals surface area contributed by atoms with Gasteiger partial charge < -0.3 is 10.0 Å². The van der Waals surface area contributed by atoms with E-state index in [4.69, 9.17) is 0 Å². The molecule has 8 heteroatoms. The van der Waals surface area contributed by atoms with Crippen molar-refractivity contribution in [2.75, 3.05) is 11.4 Å². The number of pyridine rings is 1. The van der Waals surface area contributed by atoms with Crippen LogP contribution in [0.4, 0.5) is 10.2 Å². The number of nitrogens with zero attached hydrogens (tertiary/aromatic N) is 5. The van der Waals surface area contributed by atoms with E-state index in [1.165, 1.54) is 16.9 Å². The van der Waals surface area contributed by atoms with Crippen molar-refractivity contribution >= 4 is 17.4 Å². The highest BCUT2D eigenvalue weighted by Crippen LogP contribution is 2.37. The van der Waals surface area contributed by atoms with Crippen molar-refractivity contribution in [1.82, 2.24) is 19.6 Å². The number of carboxylic acid groups (broad SMARTS) is 1. The lowest BCUT2D eigenvalue weighted by atomic mass is 10.0. The summed E-state index contributed by atoms with van der Waals surface area (Å²) < 4.78 is 15.2. The van der Waals surface area contributed by atoms with Gasteiger partial charge in [-0.1, -0.05) is 6.92 Å². The van der Waals surface area contributed by atoms with Crippen molar-refractivity contribution in [3.63, 3.8) is 0 Å². The molecule has 7 nitrogen and oxygen atoms in total. The van der Waals surface area contributed by atoms with Gasteiger partial charge in [0.1, 0.15) is 17.2 Å². The highest BCUT2D eigenvalue weighted by molar-refractivity contribution is 5.94. The monoisotopic (exact) mass is 355 g/mol. The van der Waals surface area contributed by atoms with E-state index in [0.29, 0.717) is 11.5 Å². The van der Waals surface area contributed by atoms with E-state index in [0.717, 1.165) is 37.1 Å². The van der Waals surface area contributed by atoms with Gasteiger partial charge in [0.05, 0.1) is 18.4 Å². The van der Waals surface area contributed by atoms with Crippen molar-refractivity contribution < 1.29 is 14.3 Å². The van der Waals surface area contributed by atoms with Crippen LogP contribution >= 0.6 is 0 Å². The summed E-state index contributed by atoms with van der Waals surface area (Å²) in [6.07, 6.45) is 6.78.